The van der Waals surface area contributed by atoms with E-state index in [1.165, 1.54) is 0 Å². The van der Waals surface area contributed by atoms with E-state index in [0.29, 0.717) is 13.1 Å². The van der Waals surface area contributed by atoms with E-state index in [0.717, 1.165) is 11.3 Å². The molecule has 17 heavy (non-hydrogen) atoms. The molecule has 0 aliphatic heterocycles. The highest BCUT2D eigenvalue weighted by Crippen LogP contribution is 1.97. The first-order valence-electron chi connectivity index (χ1n) is 5.37. The van der Waals surface area contributed by atoms with E-state index in [4.69, 9.17) is 0 Å². The highest BCUT2D eigenvalue weighted by molar-refractivity contribution is 5.73. The predicted octanol–water partition coefficient (Wildman–Crippen LogP) is 1.41. The van der Waals surface area contributed by atoms with Gasteiger partial charge in [-0.2, -0.15) is 0 Å². The second kappa shape index (κ2) is 5.69. The minimum absolute atomic E-state index is 0.191. The quantitative estimate of drug-likeness (QED) is 0.743. The van der Waals surface area contributed by atoms with Crippen molar-refractivity contribution in [3.8, 4) is 0 Å². The number of H-pyrrole nitrogens is 1. The summed E-state index contributed by atoms with van der Waals surface area (Å²) in [4.78, 5) is 18.2. The molecule has 0 saturated carbocycles. The van der Waals surface area contributed by atoms with Crippen LogP contribution in [0.5, 0.6) is 0 Å². The Morgan fingerprint density at radius 2 is 1.94 bits per heavy atom. The van der Waals surface area contributed by atoms with Crippen molar-refractivity contribution in [2.45, 2.75) is 13.1 Å². The number of nitrogens with zero attached hydrogens (tertiary/aromatic N) is 1. The van der Waals surface area contributed by atoms with Crippen molar-refractivity contribution in [3.05, 3.63) is 54.1 Å². The van der Waals surface area contributed by atoms with Crippen LogP contribution in [0.15, 0.2) is 42.9 Å². The summed E-state index contributed by atoms with van der Waals surface area (Å²) in [6.45, 7) is 0.969. The molecule has 0 aliphatic rings. The van der Waals surface area contributed by atoms with E-state index >= 15 is 0 Å². The van der Waals surface area contributed by atoms with Gasteiger partial charge in [0.25, 0.3) is 0 Å². The molecule has 1 aromatic carbocycles. The van der Waals surface area contributed by atoms with Crippen LogP contribution >= 0.6 is 0 Å². The van der Waals surface area contributed by atoms with Crippen LogP contribution in [-0.4, -0.2) is 16.0 Å². The number of aromatic nitrogens is 2. The van der Waals surface area contributed by atoms with E-state index in [-0.39, 0.29) is 6.03 Å². The highest BCUT2D eigenvalue weighted by atomic mass is 16.2. The summed E-state index contributed by atoms with van der Waals surface area (Å²) in [6, 6.07) is 9.58. The molecule has 0 unspecified atom stereocenters. The first-order chi connectivity index (χ1) is 8.34. The van der Waals surface area contributed by atoms with Gasteiger partial charge in [-0.15, -0.1) is 0 Å². The smallest absolute Gasteiger partial charge is 0.315 e. The van der Waals surface area contributed by atoms with Crippen LogP contribution in [0.3, 0.4) is 0 Å². The first-order valence-corrected chi connectivity index (χ1v) is 5.37. The molecule has 2 rings (SSSR count). The second-order valence-corrected chi connectivity index (χ2v) is 3.60. The van der Waals surface area contributed by atoms with E-state index < -0.39 is 0 Å². The van der Waals surface area contributed by atoms with Gasteiger partial charge < -0.3 is 15.6 Å². The lowest BCUT2D eigenvalue weighted by molar-refractivity contribution is 0.240. The van der Waals surface area contributed by atoms with Crippen molar-refractivity contribution in [3.63, 3.8) is 0 Å². The van der Waals surface area contributed by atoms with Crippen molar-refractivity contribution >= 4 is 6.03 Å². The zero-order valence-electron chi connectivity index (χ0n) is 9.31. The van der Waals surface area contributed by atoms with Crippen molar-refractivity contribution in [2.24, 2.45) is 0 Å². The number of rotatable bonds is 4. The number of carbonyl (C=O) groups is 1. The number of benzene rings is 1. The van der Waals surface area contributed by atoms with E-state index in [2.05, 4.69) is 20.6 Å². The maximum atomic E-state index is 11.5. The summed E-state index contributed by atoms with van der Waals surface area (Å²) in [5.41, 5.74) is 1.95. The Labute approximate surface area is 99.3 Å². The van der Waals surface area contributed by atoms with Gasteiger partial charge in [0.05, 0.1) is 18.6 Å². The van der Waals surface area contributed by atoms with E-state index in [1.54, 1.807) is 12.5 Å². The third-order valence-electron chi connectivity index (χ3n) is 2.29. The molecule has 88 valence electrons. The van der Waals surface area contributed by atoms with Crippen LogP contribution in [0.1, 0.15) is 11.3 Å². The molecule has 0 atom stereocenters. The molecule has 3 N–H and O–H groups in total. The topological polar surface area (TPSA) is 69.8 Å². The number of carbonyl (C=O) groups excluding carboxylic acids is 1. The predicted molar refractivity (Wildman–Crippen MR) is 64.1 cm³/mol. The Morgan fingerprint density at radius 1 is 1.18 bits per heavy atom. The molecule has 5 nitrogen and oxygen atoms in total. The summed E-state index contributed by atoms with van der Waals surface area (Å²) >= 11 is 0. The Hall–Kier alpha value is -2.30. The van der Waals surface area contributed by atoms with Crippen LogP contribution in [-0.2, 0) is 13.1 Å². The number of hydrogen-bond acceptors (Lipinski definition) is 2. The fourth-order valence-corrected chi connectivity index (χ4v) is 1.40. The number of nitrogens with one attached hydrogen (secondary N) is 3. The number of hydrogen-bond donors (Lipinski definition) is 3. The average Bonchev–Trinajstić information content (AvgIpc) is 2.88. The molecule has 0 fully saturated rings. The highest BCUT2D eigenvalue weighted by Gasteiger charge is 2.00. The summed E-state index contributed by atoms with van der Waals surface area (Å²) in [7, 11) is 0. The Kier molecular flexibility index (Phi) is 3.75. The molecule has 0 bridgehead atoms. The van der Waals surface area contributed by atoms with Crippen molar-refractivity contribution in [2.75, 3.05) is 0 Å². The minimum atomic E-state index is -0.191. The fourth-order valence-electron chi connectivity index (χ4n) is 1.40. The zero-order valence-corrected chi connectivity index (χ0v) is 9.31. The average molecular weight is 230 g/mol. The minimum Gasteiger partial charge on any atom is -0.347 e. The van der Waals surface area contributed by atoms with Gasteiger partial charge in [-0.3, -0.25) is 0 Å². The number of aromatic amines is 1. The Balaban J connectivity index is 1.71. The lowest BCUT2D eigenvalue weighted by Gasteiger charge is -2.06. The summed E-state index contributed by atoms with van der Waals surface area (Å²) < 4.78 is 0. The van der Waals surface area contributed by atoms with Gasteiger partial charge >= 0.3 is 6.03 Å². The number of imidazole rings is 1. The first kappa shape index (κ1) is 11.2. The molecule has 5 heteroatoms. The largest absolute Gasteiger partial charge is 0.347 e. The van der Waals surface area contributed by atoms with E-state index in [1.807, 2.05) is 30.3 Å². The number of urea groups is 1. The Bertz CT molecular complexity index is 453. The van der Waals surface area contributed by atoms with Gasteiger partial charge in [0.2, 0.25) is 0 Å². The lowest BCUT2D eigenvalue weighted by Crippen LogP contribution is -2.34. The zero-order chi connectivity index (χ0) is 11.9. The van der Waals surface area contributed by atoms with Crippen molar-refractivity contribution in [1.29, 1.82) is 0 Å². The third-order valence-corrected chi connectivity index (χ3v) is 2.29. The molecule has 0 radical (unpaired) electrons. The van der Waals surface area contributed by atoms with Crippen molar-refractivity contribution in [1.82, 2.24) is 20.6 Å². The van der Waals surface area contributed by atoms with E-state index in [9.17, 15) is 4.79 Å². The van der Waals surface area contributed by atoms with Gasteiger partial charge in [0, 0.05) is 12.7 Å². The molecule has 1 aromatic heterocycles. The van der Waals surface area contributed by atoms with Crippen LogP contribution < -0.4 is 10.6 Å². The SMILES string of the molecule is O=C(NCc1ccccc1)NCc1cnc[nH]1. The lowest BCUT2D eigenvalue weighted by atomic mass is 10.2. The monoisotopic (exact) mass is 230 g/mol. The molecule has 0 spiro atoms. The van der Waals surface area contributed by atoms with Gasteiger partial charge in [-0.05, 0) is 5.56 Å². The molecular formula is C12H14N4O. The maximum Gasteiger partial charge on any atom is 0.315 e. The standard InChI is InChI=1S/C12H14N4O/c17-12(15-8-11-7-13-9-16-11)14-6-10-4-2-1-3-5-10/h1-5,7,9H,6,8H2,(H,13,16)(H2,14,15,17). The Morgan fingerprint density at radius 3 is 2.65 bits per heavy atom. The molecular weight excluding hydrogens is 216 g/mol. The summed E-state index contributed by atoms with van der Waals surface area (Å²) in [5, 5.41) is 5.51. The van der Waals surface area contributed by atoms with Crippen molar-refractivity contribution < 1.29 is 4.79 Å². The summed E-state index contributed by atoms with van der Waals surface area (Å²) in [6.07, 6.45) is 3.26. The molecule has 0 saturated heterocycles. The van der Waals surface area contributed by atoms with Gasteiger partial charge in [0.15, 0.2) is 0 Å². The van der Waals surface area contributed by atoms with Crippen LogP contribution in [0.4, 0.5) is 4.79 Å². The second-order valence-electron chi connectivity index (χ2n) is 3.60. The molecule has 2 aromatic rings. The third kappa shape index (κ3) is 3.64. The summed E-state index contributed by atoms with van der Waals surface area (Å²) in [5.74, 6) is 0. The number of amides is 2. The van der Waals surface area contributed by atoms with Gasteiger partial charge in [-0.1, -0.05) is 30.3 Å². The van der Waals surface area contributed by atoms with Gasteiger partial charge in [-0.25, -0.2) is 9.78 Å². The fraction of sp³-hybridized carbons (Fsp3) is 0.167. The molecule has 1 heterocycles. The van der Waals surface area contributed by atoms with Crippen LogP contribution in [0.25, 0.3) is 0 Å². The normalized spacial score (nSPS) is 9.88. The molecule has 2 amide bonds. The van der Waals surface area contributed by atoms with Crippen LogP contribution in [0, 0.1) is 0 Å². The van der Waals surface area contributed by atoms with Crippen LogP contribution in [0.2, 0.25) is 0 Å². The maximum absolute atomic E-state index is 11.5. The van der Waals surface area contributed by atoms with Gasteiger partial charge in [0.1, 0.15) is 0 Å². The molecule has 0 aliphatic carbocycles.